The van der Waals surface area contributed by atoms with E-state index in [9.17, 15) is 19.2 Å². The predicted molar refractivity (Wildman–Crippen MR) is 241 cm³/mol. The summed E-state index contributed by atoms with van der Waals surface area (Å²) in [5, 5.41) is 0.827. The van der Waals surface area contributed by atoms with Gasteiger partial charge in [0.2, 0.25) is 11.6 Å². The zero-order valence-corrected chi connectivity index (χ0v) is 37.0. The van der Waals surface area contributed by atoms with Crippen LogP contribution in [0.3, 0.4) is 0 Å². The fourth-order valence-electron chi connectivity index (χ4n) is 6.60. The van der Waals surface area contributed by atoms with E-state index < -0.39 is 22.7 Å². The second kappa shape index (κ2) is 22.9. The molecule has 0 aliphatic carbocycles. The van der Waals surface area contributed by atoms with E-state index in [0.29, 0.717) is 11.4 Å². The van der Waals surface area contributed by atoms with Crippen molar-refractivity contribution in [2.75, 3.05) is 0 Å². The number of H-pyrrole nitrogens is 2. The fourth-order valence-corrected chi connectivity index (χ4v) is 6.85. The first kappa shape index (κ1) is 47.4. The Morgan fingerprint density at radius 1 is 0.508 bits per heavy atom. The molecule has 5 aromatic carbocycles. The van der Waals surface area contributed by atoms with Crippen LogP contribution in [0.4, 0.5) is 11.4 Å². The average molecular weight is 895 g/mol. The van der Waals surface area contributed by atoms with Gasteiger partial charge in [0.1, 0.15) is 0 Å². The Morgan fingerprint density at radius 3 is 1.13 bits per heavy atom. The van der Waals surface area contributed by atoms with Gasteiger partial charge in [0, 0.05) is 28.5 Å². The summed E-state index contributed by atoms with van der Waals surface area (Å²) in [6, 6.07) is 43.8. The topological polar surface area (TPSA) is 125 Å². The van der Waals surface area contributed by atoms with Crippen LogP contribution in [-0.4, -0.2) is 34.0 Å². The number of aromatic nitrogens is 2. The van der Waals surface area contributed by atoms with Gasteiger partial charge in [0.25, 0.3) is 11.1 Å². The number of carbonyl (C=O) groups excluding carboxylic acids is 2. The number of nitrogens with one attached hydrogen (secondary N) is 2. The molecule has 0 fully saturated rings. The number of ketones is 2. The number of aliphatic imine (C=N–C) groups is 2. The van der Waals surface area contributed by atoms with Crippen molar-refractivity contribution in [1.82, 2.24) is 9.97 Å². The van der Waals surface area contributed by atoms with Gasteiger partial charge in [-0.15, -0.1) is 0 Å². The van der Waals surface area contributed by atoms with Crippen LogP contribution in [-0.2, 0) is 38.2 Å². The van der Waals surface area contributed by atoms with Crippen LogP contribution in [0.15, 0.2) is 159 Å². The maximum absolute atomic E-state index is 12.4. The first-order valence-corrected chi connectivity index (χ1v) is 20.0. The Kier molecular flexibility index (Phi) is 17.8. The number of benzene rings is 5. The minimum atomic E-state index is -0.417. The molecular formula is C51H47CoFeN4O4. The van der Waals surface area contributed by atoms with Crippen molar-refractivity contribution in [2.45, 2.75) is 46.9 Å². The van der Waals surface area contributed by atoms with Crippen LogP contribution in [0, 0.1) is 41.5 Å². The first-order chi connectivity index (χ1) is 28.8. The third-order valence-electron chi connectivity index (χ3n) is 9.39. The third-order valence-corrected chi connectivity index (χ3v) is 9.82. The van der Waals surface area contributed by atoms with Crippen molar-refractivity contribution in [3.63, 3.8) is 0 Å². The number of nitrogens with zero attached hydrogens (tertiary/aromatic N) is 2. The van der Waals surface area contributed by atoms with Crippen molar-refractivity contribution in [3.05, 3.63) is 210 Å². The molecule has 0 spiro atoms. The summed E-state index contributed by atoms with van der Waals surface area (Å²) in [4.78, 5) is 63.6. The van der Waals surface area contributed by atoms with E-state index in [1.807, 2.05) is 145 Å². The van der Waals surface area contributed by atoms with Crippen molar-refractivity contribution < 1.29 is 42.4 Å². The Hall–Kier alpha value is -6.29. The number of carbonyl (C=O) groups is 2. The summed E-state index contributed by atoms with van der Waals surface area (Å²) in [6.07, 6.45) is 2.44. The summed E-state index contributed by atoms with van der Waals surface area (Å²) < 4.78 is 0. The normalized spacial score (nSPS) is 10.6. The Bertz CT molecular complexity index is 2560. The number of Topliss-reactive ketones (excluding diaryl/α,β-unsaturated/α-hetero) is 2. The quantitative estimate of drug-likeness (QED) is 0.0850. The zero-order valence-electron chi connectivity index (χ0n) is 34.9. The molecule has 8 nitrogen and oxygen atoms in total. The van der Waals surface area contributed by atoms with E-state index in [4.69, 9.17) is 0 Å². The van der Waals surface area contributed by atoms with Crippen LogP contribution in [0.25, 0.3) is 22.5 Å². The van der Waals surface area contributed by atoms with Crippen molar-refractivity contribution >= 4 is 35.4 Å². The fraction of sp³-hybridized carbons (Fsp3) is 0.137. The number of hydrogen-bond acceptors (Lipinski definition) is 6. The standard InChI is InChI=1S/2C22H20N2O2.C7H7.Co.Fe/c2*1-14-11-15(2)21(16(3)12-14)23-13-20(25)18-9-10-19(24-22(18)26)17-7-5-4-6-8-17;1-7-5-3-2-4-6-7;;/h2*4-13H,1-3H3,(H,24,26);2-6H,1H2;;. The molecule has 2 aromatic heterocycles. The van der Waals surface area contributed by atoms with Crippen LogP contribution in [0.2, 0.25) is 0 Å². The first-order valence-electron chi connectivity index (χ1n) is 19.3. The van der Waals surface area contributed by atoms with Gasteiger partial charge in [0.15, 0.2) is 0 Å². The van der Waals surface area contributed by atoms with E-state index in [1.54, 1.807) is 24.3 Å². The molecule has 0 aliphatic rings. The average Bonchev–Trinajstić information content (AvgIpc) is 3.24. The summed E-state index contributed by atoms with van der Waals surface area (Å²) in [7, 11) is 0. The van der Waals surface area contributed by atoms with Gasteiger partial charge < -0.3 is 9.97 Å². The molecule has 0 bridgehead atoms. The molecule has 10 heteroatoms. The van der Waals surface area contributed by atoms with Gasteiger partial charge in [-0.25, -0.2) is 0 Å². The SMILES string of the molecule is Cc1cc(C)c(N=CC(=O)c2ccc(-c3ccccc3)[nH]c2=O)c(C)c1.Cc1cc(C)c(N=CC(=O)c2ccc(-c3ccccc3)[nH]c2=O)c(C)c1.[Co][CH2]c1ccccc1.[Fe]. The largest absolute Gasteiger partial charge is 0 e. The van der Waals surface area contributed by atoms with Crippen LogP contribution < -0.4 is 11.1 Å². The number of pyridine rings is 2. The maximum atomic E-state index is 12.4. The van der Waals surface area contributed by atoms with Gasteiger partial charge in [0.05, 0.1) is 34.9 Å². The van der Waals surface area contributed by atoms with E-state index in [-0.39, 0.29) is 28.2 Å². The summed E-state index contributed by atoms with van der Waals surface area (Å²) >= 11 is 4.15. The van der Waals surface area contributed by atoms with Gasteiger partial charge in [-0.1, -0.05) is 96.1 Å². The third kappa shape index (κ3) is 13.4. The summed E-state index contributed by atoms with van der Waals surface area (Å²) in [5.74, 6) is -0.824. The molecule has 2 N–H and O–H groups in total. The molecule has 2 heterocycles. The van der Waals surface area contributed by atoms with Crippen LogP contribution >= 0.6 is 0 Å². The number of aromatic amines is 2. The molecule has 0 atom stereocenters. The molecule has 0 radical (unpaired) electrons. The molecule has 7 aromatic rings. The van der Waals surface area contributed by atoms with E-state index in [2.05, 4.69) is 47.8 Å². The smallest absolute Gasteiger partial charge is 0 e. The maximum Gasteiger partial charge on any atom is 0 e. The zero-order chi connectivity index (χ0) is 43.2. The molecule has 61 heavy (non-hydrogen) atoms. The number of hydrogen-bond donors (Lipinski definition) is 2. The molecule has 312 valence electrons. The molecule has 0 saturated heterocycles. The van der Waals surface area contributed by atoms with Gasteiger partial charge in [-0.3, -0.25) is 29.2 Å². The predicted octanol–water partition coefficient (Wildman–Crippen LogP) is 10.8. The van der Waals surface area contributed by atoms with E-state index in [1.165, 1.54) is 18.0 Å². The van der Waals surface area contributed by atoms with Crippen molar-refractivity contribution in [2.24, 2.45) is 9.98 Å². The van der Waals surface area contributed by atoms with Crippen molar-refractivity contribution in [1.29, 1.82) is 0 Å². The Morgan fingerprint density at radius 2 is 0.836 bits per heavy atom. The second-order valence-electron chi connectivity index (χ2n) is 14.3. The molecular weight excluding hydrogens is 847 g/mol. The molecule has 0 amide bonds. The minimum absolute atomic E-state index is 0. The molecule has 7 rings (SSSR count). The molecule has 0 aliphatic heterocycles. The van der Waals surface area contributed by atoms with Crippen molar-refractivity contribution in [3.8, 4) is 22.5 Å². The summed E-state index contributed by atoms with van der Waals surface area (Å²) in [5.41, 5.74) is 11.6. The second-order valence-corrected chi connectivity index (χ2v) is 14.7. The van der Waals surface area contributed by atoms with E-state index in [0.717, 1.165) is 61.2 Å². The molecule has 0 unspecified atom stereocenters. The molecule has 0 saturated carbocycles. The van der Waals surface area contributed by atoms with E-state index >= 15 is 0 Å². The number of rotatable bonds is 9. The van der Waals surface area contributed by atoms with Gasteiger partial charge >= 0.3 is 57.0 Å². The monoisotopic (exact) mass is 894 g/mol. The van der Waals surface area contributed by atoms with Gasteiger partial charge in [-0.05, 0) is 99.2 Å². The van der Waals surface area contributed by atoms with Crippen LogP contribution in [0.5, 0.6) is 0 Å². The summed E-state index contributed by atoms with van der Waals surface area (Å²) in [6.45, 7) is 11.9. The van der Waals surface area contributed by atoms with Gasteiger partial charge in [-0.2, -0.15) is 0 Å². The Labute approximate surface area is 375 Å². The Balaban J connectivity index is 0.000000224. The minimum Gasteiger partial charge on any atom is 0 e. The van der Waals surface area contributed by atoms with Crippen LogP contribution in [0.1, 0.15) is 59.7 Å². The number of aryl methyl sites for hydroxylation is 6.